The van der Waals surface area contributed by atoms with E-state index in [2.05, 4.69) is 0 Å². The van der Waals surface area contributed by atoms with Crippen molar-refractivity contribution in [2.24, 2.45) is 5.73 Å². The molecule has 0 unspecified atom stereocenters. The molecule has 0 atom stereocenters. The molecule has 6 nitrogen and oxygen atoms in total. The number of primary amides is 1. The van der Waals surface area contributed by atoms with Crippen molar-refractivity contribution in [2.75, 3.05) is 6.54 Å². The minimum atomic E-state index is -0.702. The molecule has 0 radical (unpaired) electrons. The fourth-order valence-corrected chi connectivity index (χ4v) is 3.26. The van der Waals surface area contributed by atoms with Gasteiger partial charge in [-0.3, -0.25) is 4.79 Å². The smallest absolute Gasteiger partial charge is 0.410 e. The van der Waals surface area contributed by atoms with Crippen LogP contribution in [0.15, 0.2) is 72.8 Å². The quantitative estimate of drug-likeness (QED) is 0.464. The second-order valence-electron chi connectivity index (χ2n) is 8.89. The summed E-state index contributed by atoms with van der Waals surface area (Å²) in [5.74, 6) is -0.742. The van der Waals surface area contributed by atoms with Gasteiger partial charge in [0.15, 0.2) is 0 Å². The number of benzene rings is 3. The van der Waals surface area contributed by atoms with Gasteiger partial charge in [0.1, 0.15) is 22.9 Å². The highest BCUT2D eigenvalue weighted by atomic mass is 19.1. The van der Waals surface area contributed by atoms with Gasteiger partial charge in [0.2, 0.25) is 0 Å². The van der Waals surface area contributed by atoms with Gasteiger partial charge in [-0.2, -0.15) is 0 Å². The number of ether oxygens (including phenoxy) is 2. The Kier molecular flexibility index (Phi) is 7.89. The van der Waals surface area contributed by atoms with Crippen molar-refractivity contribution in [2.45, 2.75) is 39.3 Å². The maximum absolute atomic E-state index is 13.6. The molecular weight excluding hydrogens is 435 g/mol. The number of hydrogen-bond acceptors (Lipinski definition) is 4. The Balaban J connectivity index is 1.68. The van der Waals surface area contributed by atoms with E-state index in [0.29, 0.717) is 25.3 Å². The van der Waals surface area contributed by atoms with Crippen molar-refractivity contribution in [3.63, 3.8) is 0 Å². The lowest BCUT2D eigenvalue weighted by Crippen LogP contribution is -2.37. The van der Waals surface area contributed by atoms with Crippen molar-refractivity contribution in [1.82, 2.24) is 4.90 Å². The van der Waals surface area contributed by atoms with Crippen LogP contribution in [0.1, 0.15) is 42.3 Å². The molecule has 0 fully saturated rings. The van der Waals surface area contributed by atoms with E-state index >= 15 is 0 Å². The Hall–Kier alpha value is -3.87. The molecule has 3 aromatic rings. The highest BCUT2D eigenvalue weighted by Gasteiger charge is 2.22. The van der Waals surface area contributed by atoms with E-state index in [1.807, 2.05) is 63.2 Å². The van der Waals surface area contributed by atoms with Gasteiger partial charge in [0.05, 0.1) is 5.56 Å². The number of hydrogen-bond donors (Lipinski definition) is 1. The van der Waals surface area contributed by atoms with Crippen LogP contribution >= 0.6 is 0 Å². The molecule has 0 aliphatic carbocycles. The third-order valence-corrected chi connectivity index (χ3v) is 4.90. The predicted molar refractivity (Wildman–Crippen MR) is 128 cm³/mol. The predicted octanol–water partition coefficient (Wildman–Crippen LogP) is 5.70. The van der Waals surface area contributed by atoms with Crippen molar-refractivity contribution in [1.29, 1.82) is 0 Å². The third-order valence-electron chi connectivity index (χ3n) is 4.90. The highest BCUT2D eigenvalue weighted by Crippen LogP contribution is 2.26. The summed E-state index contributed by atoms with van der Waals surface area (Å²) in [5, 5.41) is 0. The van der Waals surface area contributed by atoms with Crippen LogP contribution in [-0.2, 0) is 17.7 Å². The molecule has 2 N–H and O–H groups in total. The van der Waals surface area contributed by atoms with Gasteiger partial charge < -0.3 is 20.1 Å². The van der Waals surface area contributed by atoms with E-state index in [1.54, 1.807) is 17.0 Å². The molecule has 34 heavy (non-hydrogen) atoms. The lowest BCUT2D eigenvalue weighted by Gasteiger charge is -2.27. The lowest BCUT2D eigenvalue weighted by molar-refractivity contribution is 0.0235. The number of nitrogens with two attached hydrogens (primary N) is 1. The number of halogens is 1. The average molecular weight is 465 g/mol. The van der Waals surface area contributed by atoms with E-state index in [1.165, 1.54) is 6.07 Å². The van der Waals surface area contributed by atoms with Crippen LogP contribution in [-0.4, -0.2) is 29.0 Å². The SMILES string of the molecule is CC(C)(C)OC(=O)N(CCc1ccc(Oc2cc(F)ccc2C(N)=O)cc1)Cc1ccccc1. The molecule has 0 aromatic heterocycles. The van der Waals surface area contributed by atoms with Gasteiger partial charge in [-0.1, -0.05) is 42.5 Å². The van der Waals surface area contributed by atoms with Crippen LogP contribution in [0, 0.1) is 5.82 Å². The van der Waals surface area contributed by atoms with Crippen LogP contribution in [0.4, 0.5) is 9.18 Å². The normalized spacial score (nSPS) is 11.1. The Morgan fingerprint density at radius 1 is 0.941 bits per heavy atom. The van der Waals surface area contributed by atoms with Crippen molar-refractivity contribution >= 4 is 12.0 Å². The summed E-state index contributed by atoms with van der Waals surface area (Å²) < 4.78 is 24.9. The maximum Gasteiger partial charge on any atom is 0.410 e. The minimum Gasteiger partial charge on any atom is -0.456 e. The first-order valence-corrected chi connectivity index (χ1v) is 11.0. The summed E-state index contributed by atoms with van der Waals surface area (Å²) in [4.78, 5) is 26.0. The first-order valence-electron chi connectivity index (χ1n) is 11.0. The van der Waals surface area contributed by atoms with Crippen LogP contribution < -0.4 is 10.5 Å². The van der Waals surface area contributed by atoms with Crippen LogP contribution in [0.2, 0.25) is 0 Å². The largest absolute Gasteiger partial charge is 0.456 e. The van der Waals surface area contributed by atoms with E-state index in [9.17, 15) is 14.0 Å². The summed E-state index contributed by atoms with van der Waals surface area (Å²) in [6, 6.07) is 20.5. The lowest BCUT2D eigenvalue weighted by atomic mass is 10.1. The molecule has 0 spiro atoms. The van der Waals surface area contributed by atoms with Gasteiger partial charge in [0.25, 0.3) is 5.91 Å². The zero-order valence-electron chi connectivity index (χ0n) is 19.6. The summed E-state index contributed by atoms with van der Waals surface area (Å²) in [5.41, 5.74) is 6.84. The van der Waals surface area contributed by atoms with E-state index in [-0.39, 0.29) is 17.4 Å². The fourth-order valence-electron chi connectivity index (χ4n) is 3.26. The molecule has 7 heteroatoms. The maximum atomic E-state index is 13.6. The zero-order chi connectivity index (χ0) is 24.7. The average Bonchev–Trinajstić information content (AvgIpc) is 2.77. The Morgan fingerprint density at radius 3 is 2.24 bits per heavy atom. The van der Waals surface area contributed by atoms with Gasteiger partial charge in [-0.25, -0.2) is 9.18 Å². The monoisotopic (exact) mass is 464 g/mol. The van der Waals surface area contributed by atoms with Gasteiger partial charge in [-0.05, 0) is 62.6 Å². The standard InChI is InChI=1S/C27H29FN2O4/c1-27(2,3)34-26(32)30(18-20-7-5-4-6-8-20)16-15-19-9-12-22(13-10-19)33-24-17-21(28)11-14-23(24)25(29)31/h4-14,17H,15-16,18H2,1-3H3,(H2,29,31). The second kappa shape index (κ2) is 10.8. The number of rotatable bonds is 8. The van der Waals surface area contributed by atoms with Crippen LogP contribution in [0.25, 0.3) is 0 Å². The Morgan fingerprint density at radius 2 is 1.62 bits per heavy atom. The molecule has 178 valence electrons. The van der Waals surface area contributed by atoms with Crippen LogP contribution in [0.5, 0.6) is 11.5 Å². The van der Waals surface area contributed by atoms with Gasteiger partial charge >= 0.3 is 6.09 Å². The topological polar surface area (TPSA) is 81.9 Å². The summed E-state index contributed by atoms with van der Waals surface area (Å²) in [7, 11) is 0. The summed E-state index contributed by atoms with van der Waals surface area (Å²) in [6.45, 7) is 6.41. The first kappa shape index (κ1) is 24.8. The number of nitrogens with zero attached hydrogens (tertiary/aromatic N) is 1. The number of carbonyl (C=O) groups excluding carboxylic acids is 2. The molecule has 0 saturated carbocycles. The molecule has 0 saturated heterocycles. The molecule has 0 heterocycles. The molecular formula is C27H29FN2O4. The number of carbonyl (C=O) groups is 2. The molecule has 3 aromatic carbocycles. The van der Waals surface area contributed by atoms with E-state index in [4.69, 9.17) is 15.2 Å². The highest BCUT2D eigenvalue weighted by molar-refractivity contribution is 5.95. The third kappa shape index (κ3) is 7.33. The van der Waals surface area contributed by atoms with E-state index in [0.717, 1.165) is 23.3 Å². The summed E-state index contributed by atoms with van der Waals surface area (Å²) in [6.07, 6.45) is 0.222. The minimum absolute atomic E-state index is 0.0548. The Bertz CT molecular complexity index is 1130. The van der Waals surface area contributed by atoms with E-state index < -0.39 is 17.3 Å². The fraction of sp³-hybridized carbons (Fsp3) is 0.259. The molecule has 0 aliphatic rings. The Labute approximate surface area is 199 Å². The van der Waals surface area contributed by atoms with Crippen molar-refractivity contribution in [3.05, 3.63) is 95.3 Å². The molecule has 0 bridgehead atoms. The first-order chi connectivity index (χ1) is 16.1. The molecule has 0 aliphatic heterocycles. The van der Waals surface area contributed by atoms with Gasteiger partial charge in [-0.15, -0.1) is 0 Å². The molecule has 3 rings (SSSR count). The van der Waals surface area contributed by atoms with Crippen molar-refractivity contribution in [3.8, 4) is 11.5 Å². The zero-order valence-corrected chi connectivity index (χ0v) is 19.6. The second-order valence-corrected chi connectivity index (χ2v) is 8.89. The number of amides is 2. The van der Waals surface area contributed by atoms with Crippen molar-refractivity contribution < 1.29 is 23.5 Å². The summed E-state index contributed by atoms with van der Waals surface area (Å²) >= 11 is 0. The molecule has 2 amide bonds. The van der Waals surface area contributed by atoms with Gasteiger partial charge in [0, 0.05) is 19.2 Å². The van der Waals surface area contributed by atoms with Crippen LogP contribution in [0.3, 0.4) is 0 Å².